The standard InChI is InChI=1S/C19H16N2O/c20-19(22)18(15-9-5-2-6-10-15)16-11-12-21-17(13-16)14-7-3-1-4-8-14/h1-13,18H,(H2,20,22). The molecule has 3 nitrogen and oxygen atoms in total. The van der Waals surface area contributed by atoms with Gasteiger partial charge >= 0.3 is 0 Å². The monoisotopic (exact) mass is 288 g/mol. The number of aromatic nitrogens is 1. The molecular weight excluding hydrogens is 272 g/mol. The van der Waals surface area contributed by atoms with E-state index in [1.165, 1.54) is 0 Å². The van der Waals surface area contributed by atoms with Crippen LogP contribution in [-0.4, -0.2) is 10.9 Å². The van der Waals surface area contributed by atoms with E-state index in [2.05, 4.69) is 4.98 Å². The number of pyridine rings is 1. The summed E-state index contributed by atoms with van der Waals surface area (Å²) in [5.41, 5.74) is 9.22. The highest BCUT2D eigenvalue weighted by atomic mass is 16.1. The number of hydrogen-bond donors (Lipinski definition) is 1. The summed E-state index contributed by atoms with van der Waals surface area (Å²) in [6.45, 7) is 0. The molecule has 0 fully saturated rings. The molecule has 0 bridgehead atoms. The molecule has 2 N–H and O–H groups in total. The molecule has 108 valence electrons. The summed E-state index contributed by atoms with van der Waals surface area (Å²) in [4.78, 5) is 16.3. The molecule has 1 heterocycles. The molecule has 3 rings (SSSR count). The summed E-state index contributed by atoms with van der Waals surface area (Å²) < 4.78 is 0. The molecule has 22 heavy (non-hydrogen) atoms. The van der Waals surface area contributed by atoms with Crippen molar-refractivity contribution in [2.45, 2.75) is 5.92 Å². The number of amides is 1. The number of hydrogen-bond acceptors (Lipinski definition) is 2. The Kier molecular flexibility index (Phi) is 3.97. The molecule has 1 aromatic heterocycles. The molecule has 0 saturated heterocycles. The summed E-state index contributed by atoms with van der Waals surface area (Å²) in [6.07, 6.45) is 1.72. The quantitative estimate of drug-likeness (QED) is 0.800. The Morgan fingerprint density at radius 1 is 0.864 bits per heavy atom. The third kappa shape index (κ3) is 2.88. The fourth-order valence-corrected chi connectivity index (χ4v) is 2.56. The average molecular weight is 288 g/mol. The molecule has 3 heteroatoms. The lowest BCUT2D eigenvalue weighted by Crippen LogP contribution is -2.22. The van der Waals surface area contributed by atoms with Crippen molar-refractivity contribution >= 4 is 5.91 Å². The molecule has 0 aliphatic carbocycles. The van der Waals surface area contributed by atoms with Crippen molar-refractivity contribution in [3.8, 4) is 11.3 Å². The molecule has 0 aliphatic rings. The lowest BCUT2D eigenvalue weighted by molar-refractivity contribution is -0.118. The van der Waals surface area contributed by atoms with Gasteiger partial charge in [-0.1, -0.05) is 60.7 Å². The summed E-state index contributed by atoms with van der Waals surface area (Å²) in [5.74, 6) is -0.830. The third-order valence-corrected chi connectivity index (χ3v) is 3.60. The second kappa shape index (κ2) is 6.22. The van der Waals surface area contributed by atoms with Crippen molar-refractivity contribution in [1.29, 1.82) is 0 Å². The van der Waals surface area contributed by atoms with E-state index in [0.717, 1.165) is 22.4 Å². The maximum absolute atomic E-state index is 12.0. The van der Waals surface area contributed by atoms with Gasteiger partial charge < -0.3 is 5.73 Å². The SMILES string of the molecule is NC(=O)C(c1ccccc1)c1ccnc(-c2ccccc2)c1. The molecule has 0 aliphatic heterocycles. The van der Waals surface area contributed by atoms with Gasteiger partial charge in [-0.2, -0.15) is 0 Å². The number of carbonyl (C=O) groups excluding carboxylic acids is 1. The Morgan fingerprint density at radius 2 is 1.50 bits per heavy atom. The van der Waals surface area contributed by atoms with Gasteiger partial charge in [-0.15, -0.1) is 0 Å². The molecule has 0 saturated carbocycles. The zero-order chi connectivity index (χ0) is 15.4. The fourth-order valence-electron chi connectivity index (χ4n) is 2.56. The first kappa shape index (κ1) is 14.0. The Bertz CT molecular complexity index is 770. The second-order valence-electron chi connectivity index (χ2n) is 5.09. The van der Waals surface area contributed by atoms with Crippen molar-refractivity contribution in [3.63, 3.8) is 0 Å². The summed E-state index contributed by atoms with van der Waals surface area (Å²) in [6, 6.07) is 23.2. The van der Waals surface area contributed by atoms with Crippen molar-refractivity contribution in [2.75, 3.05) is 0 Å². The van der Waals surface area contributed by atoms with Crippen molar-refractivity contribution in [3.05, 3.63) is 90.1 Å². The van der Waals surface area contributed by atoms with Crippen LogP contribution >= 0.6 is 0 Å². The molecule has 1 amide bonds. The smallest absolute Gasteiger partial charge is 0.229 e. The van der Waals surface area contributed by atoms with E-state index in [4.69, 9.17) is 5.73 Å². The van der Waals surface area contributed by atoms with Crippen LogP contribution in [0.5, 0.6) is 0 Å². The highest BCUT2D eigenvalue weighted by Gasteiger charge is 2.20. The van der Waals surface area contributed by atoms with E-state index < -0.39 is 5.92 Å². The van der Waals surface area contributed by atoms with Crippen LogP contribution in [0.3, 0.4) is 0 Å². The van der Waals surface area contributed by atoms with Crippen LogP contribution in [0.15, 0.2) is 79.0 Å². The van der Waals surface area contributed by atoms with Crippen LogP contribution in [0.1, 0.15) is 17.0 Å². The Morgan fingerprint density at radius 3 is 2.14 bits per heavy atom. The number of carbonyl (C=O) groups is 1. The largest absolute Gasteiger partial charge is 0.369 e. The third-order valence-electron chi connectivity index (χ3n) is 3.60. The fraction of sp³-hybridized carbons (Fsp3) is 0.0526. The lowest BCUT2D eigenvalue weighted by atomic mass is 9.90. The lowest BCUT2D eigenvalue weighted by Gasteiger charge is -2.15. The van der Waals surface area contributed by atoms with Crippen molar-refractivity contribution < 1.29 is 4.79 Å². The van der Waals surface area contributed by atoms with Gasteiger partial charge in [-0.3, -0.25) is 9.78 Å². The Balaban J connectivity index is 2.05. The number of benzene rings is 2. The van der Waals surface area contributed by atoms with Crippen LogP contribution < -0.4 is 5.73 Å². The van der Waals surface area contributed by atoms with Gasteiger partial charge in [0.1, 0.15) is 0 Å². The van der Waals surface area contributed by atoms with Gasteiger partial charge in [0.05, 0.1) is 11.6 Å². The van der Waals surface area contributed by atoms with E-state index in [9.17, 15) is 4.79 Å². The maximum atomic E-state index is 12.0. The van der Waals surface area contributed by atoms with Gasteiger partial charge in [0.2, 0.25) is 5.91 Å². The van der Waals surface area contributed by atoms with Crippen LogP contribution in [0.2, 0.25) is 0 Å². The van der Waals surface area contributed by atoms with E-state index >= 15 is 0 Å². The highest BCUT2D eigenvalue weighted by molar-refractivity contribution is 5.86. The minimum atomic E-state index is -0.466. The minimum absolute atomic E-state index is 0.364. The highest BCUT2D eigenvalue weighted by Crippen LogP contribution is 2.27. The number of primary amides is 1. The normalized spacial score (nSPS) is 11.8. The molecule has 2 aromatic carbocycles. The van der Waals surface area contributed by atoms with Crippen LogP contribution in [0.4, 0.5) is 0 Å². The molecule has 0 spiro atoms. The summed E-state index contributed by atoms with van der Waals surface area (Å²) >= 11 is 0. The second-order valence-corrected chi connectivity index (χ2v) is 5.09. The predicted molar refractivity (Wildman–Crippen MR) is 87.2 cm³/mol. The van der Waals surface area contributed by atoms with Gasteiger partial charge in [-0.25, -0.2) is 0 Å². The average Bonchev–Trinajstić information content (AvgIpc) is 2.57. The Hall–Kier alpha value is -2.94. The van der Waals surface area contributed by atoms with E-state index in [-0.39, 0.29) is 5.91 Å². The van der Waals surface area contributed by atoms with Crippen LogP contribution in [0.25, 0.3) is 11.3 Å². The van der Waals surface area contributed by atoms with Crippen LogP contribution in [-0.2, 0) is 4.79 Å². The van der Waals surface area contributed by atoms with E-state index in [1.54, 1.807) is 6.20 Å². The molecule has 0 radical (unpaired) electrons. The van der Waals surface area contributed by atoms with Gasteiger partial charge in [-0.05, 0) is 23.3 Å². The van der Waals surface area contributed by atoms with Gasteiger partial charge in [0, 0.05) is 11.8 Å². The molecule has 3 aromatic rings. The van der Waals surface area contributed by atoms with Gasteiger partial charge in [0.15, 0.2) is 0 Å². The van der Waals surface area contributed by atoms with Crippen LogP contribution in [0, 0.1) is 0 Å². The molecule has 1 unspecified atom stereocenters. The molecular formula is C19H16N2O. The van der Waals surface area contributed by atoms with E-state index in [0.29, 0.717) is 0 Å². The minimum Gasteiger partial charge on any atom is -0.369 e. The van der Waals surface area contributed by atoms with Crippen molar-refractivity contribution in [1.82, 2.24) is 4.98 Å². The molecule has 1 atom stereocenters. The maximum Gasteiger partial charge on any atom is 0.229 e. The topological polar surface area (TPSA) is 56.0 Å². The number of nitrogens with zero attached hydrogens (tertiary/aromatic N) is 1. The number of nitrogens with two attached hydrogens (primary N) is 1. The summed E-state index contributed by atoms with van der Waals surface area (Å²) in [7, 11) is 0. The first-order valence-corrected chi connectivity index (χ1v) is 7.11. The summed E-state index contributed by atoms with van der Waals surface area (Å²) in [5, 5.41) is 0. The zero-order valence-electron chi connectivity index (χ0n) is 12.0. The zero-order valence-corrected chi connectivity index (χ0v) is 12.0. The first-order valence-electron chi connectivity index (χ1n) is 7.11. The number of rotatable bonds is 4. The Labute approximate surface area is 129 Å². The van der Waals surface area contributed by atoms with E-state index in [1.807, 2.05) is 72.8 Å². The van der Waals surface area contributed by atoms with Crippen molar-refractivity contribution in [2.24, 2.45) is 5.73 Å². The predicted octanol–water partition coefficient (Wildman–Crippen LogP) is 3.37. The van der Waals surface area contributed by atoms with Gasteiger partial charge in [0.25, 0.3) is 0 Å². The first-order chi connectivity index (χ1) is 10.8.